The molecule has 2 rings (SSSR count). The van der Waals surface area contributed by atoms with Crippen LogP contribution in [0.3, 0.4) is 0 Å². The van der Waals surface area contributed by atoms with Crippen LogP contribution < -0.4 is 10.2 Å². The SMILES string of the molecule is CC(C)CN(C)c1ccc([C@H](C)CC(=O)O)cc1Nc1nc(C(F)(F)F)ns1. The minimum Gasteiger partial charge on any atom is -0.481 e. The zero-order valence-electron chi connectivity index (χ0n) is 16.0. The van der Waals surface area contributed by atoms with E-state index in [2.05, 4.69) is 28.5 Å². The number of aliphatic carboxylic acids is 1. The lowest BCUT2D eigenvalue weighted by molar-refractivity contribution is -0.144. The number of anilines is 3. The van der Waals surface area contributed by atoms with Crippen molar-refractivity contribution in [1.82, 2.24) is 9.36 Å². The summed E-state index contributed by atoms with van der Waals surface area (Å²) in [5.41, 5.74) is 2.11. The molecule has 0 fully saturated rings. The lowest BCUT2D eigenvalue weighted by Crippen LogP contribution is -2.23. The third-order valence-electron chi connectivity index (χ3n) is 4.04. The highest BCUT2D eigenvalue weighted by Crippen LogP contribution is 2.35. The highest BCUT2D eigenvalue weighted by molar-refractivity contribution is 7.09. The van der Waals surface area contributed by atoms with Gasteiger partial charge in [0.1, 0.15) is 0 Å². The fourth-order valence-corrected chi connectivity index (χ4v) is 3.42. The van der Waals surface area contributed by atoms with Gasteiger partial charge in [-0.05, 0) is 29.5 Å². The number of halogens is 3. The van der Waals surface area contributed by atoms with E-state index < -0.39 is 18.0 Å². The third-order valence-corrected chi connectivity index (χ3v) is 4.67. The van der Waals surface area contributed by atoms with Crippen molar-refractivity contribution >= 4 is 34.0 Å². The summed E-state index contributed by atoms with van der Waals surface area (Å²) in [5.74, 6) is -1.97. The minimum atomic E-state index is -4.61. The van der Waals surface area contributed by atoms with Gasteiger partial charge >= 0.3 is 12.1 Å². The monoisotopic (exact) mass is 416 g/mol. The van der Waals surface area contributed by atoms with E-state index in [0.717, 1.165) is 17.8 Å². The number of benzene rings is 1. The molecule has 0 aliphatic carbocycles. The van der Waals surface area contributed by atoms with Gasteiger partial charge in [0, 0.05) is 25.1 Å². The van der Waals surface area contributed by atoms with Gasteiger partial charge in [0.2, 0.25) is 11.0 Å². The van der Waals surface area contributed by atoms with Crippen LogP contribution in [0, 0.1) is 5.92 Å². The van der Waals surface area contributed by atoms with Gasteiger partial charge in [-0.1, -0.05) is 26.8 Å². The topological polar surface area (TPSA) is 78.4 Å². The summed E-state index contributed by atoms with van der Waals surface area (Å²) < 4.78 is 41.7. The molecule has 0 spiro atoms. The average Bonchev–Trinajstić information content (AvgIpc) is 3.02. The van der Waals surface area contributed by atoms with Crippen LogP contribution in [0.2, 0.25) is 0 Å². The van der Waals surface area contributed by atoms with Gasteiger partial charge in [-0.25, -0.2) is 0 Å². The first-order valence-electron chi connectivity index (χ1n) is 8.72. The Morgan fingerprint density at radius 3 is 2.54 bits per heavy atom. The van der Waals surface area contributed by atoms with Crippen molar-refractivity contribution < 1.29 is 23.1 Å². The molecule has 0 aliphatic rings. The van der Waals surface area contributed by atoms with Crippen molar-refractivity contribution in [2.75, 3.05) is 23.8 Å². The summed E-state index contributed by atoms with van der Waals surface area (Å²) in [4.78, 5) is 16.5. The van der Waals surface area contributed by atoms with Crippen molar-refractivity contribution in [2.24, 2.45) is 5.92 Å². The summed E-state index contributed by atoms with van der Waals surface area (Å²) in [6.45, 7) is 6.65. The summed E-state index contributed by atoms with van der Waals surface area (Å²) in [7, 11) is 1.89. The molecule has 0 radical (unpaired) electrons. The lowest BCUT2D eigenvalue weighted by Gasteiger charge is -2.25. The summed E-state index contributed by atoms with van der Waals surface area (Å²) >= 11 is 0.626. The lowest BCUT2D eigenvalue weighted by atomic mass is 9.96. The van der Waals surface area contributed by atoms with Crippen molar-refractivity contribution in [3.05, 3.63) is 29.6 Å². The summed E-state index contributed by atoms with van der Waals surface area (Å²) in [6, 6.07) is 5.44. The van der Waals surface area contributed by atoms with Gasteiger partial charge in [-0.2, -0.15) is 22.5 Å². The first-order valence-corrected chi connectivity index (χ1v) is 9.49. The van der Waals surface area contributed by atoms with Crippen molar-refractivity contribution in [3.63, 3.8) is 0 Å². The van der Waals surface area contributed by atoms with Gasteiger partial charge in [0.25, 0.3) is 0 Å². The summed E-state index contributed by atoms with van der Waals surface area (Å²) in [5, 5.41) is 12.0. The van der Waals surface area contributed by atoms with Gasteiger partial charge in [0.05, 0.1) is 17.8 Å². The average molecular weight is 416 g/mol. The maximum absolute atomic E-state index is 12.8. The third kappa shape index (κ3) is 5.82. The fourth-order valence-electron chi connectivity index (χ4n) is 2.82. The van der Waals surface area contributed by atoms with Crippen LogP contribution >= 0.6 is 11.5 Å². The Labute approximate surface area is 165 Å². The molecule has 2 aromatic rings. The molecule has 0 unspecified atom stereocenters. The van der Waals surface area contributed by atoms with Gasteiger partial charge in [-0.15, -0.1) is 0 Å². The number of carboxylic acids is 1. The Bertz CT molecular complexity index is 823. The molecule has 1 aromatic carbocycles. The predicted octanol–water partition coefficient (Wildman–Crippen LogP) is 4.97. The number of carbonyl (C=O) groups is 1. The number of aromatic nitrogens is 2. The normalized spacial score (nSPS) is 12.9. The summed E-state index contributed by atoms with van der Waals surface area (Å²) in [6.07, 6.45) is -4.65. The maximum Gasteiger partial charge on any atom is 0.452 e. The molecule has 10 heteroatoms. The Hall–Kier alpha value is -2.36. The highest BCUT2D eigenvalue weighted by Gasteiger charge is 2.36. The first kappa shape index (κ1) is 21.9. The van der Waals surface area contributed by atoms with Crippen LogP contribution in [0.5, 0.6) is 0 Å². The fraction of sp³-hybridized carbons (Fsp3) is 0.500. The van der Waals surface area contributed by atoms with Crippen LogP contribution in [0.15, 0.2) is 18.2 Å². The van der Waals surface area contributed by atoms with Crippen LogP contribution in [0.25, 0.3) is 0 Å². The van der Waals surface area contributed by atoms with Crippen molar-refractivity contribution in [1.29, 1.82) is 0 Å². The Kier molecular flexibility index (Phi) is 6.87. The Balaban J connectivity index is 2.38. The molecule has 1 aromatic heterocycles. The number of alkyl halides is 3. The number of hydrogen-bond donors (Lipinski definition) is 2. The molecule has 0 aliphatic heterocycles. The Morgan fingerprint density at radius 1 is 1.32 bits per heavy atom. The molecule has 2 N–H and O–H groups in total. The number of nitrogens with zero attached hydrogens (tertiary/aromatic N) is 3. The van der Waals surface area contributed by atoms with Crippen molar-refractivity contribution in [3.8, 4) is 0 Å². The van der Waals surface area contributed by atoms with E-state index in [9.17, 15) is 18.0 Å². The van der Waals surface area contributed by atoms with Gasteiger partial charge in [0.15, 0.2) is 0 Å². The van der Waals surface area contributed by atoms with E-state index >= 15 is 0 Å². The highest BCUT2D eigenvalue weighted by atomic mass is 32.1. The maximum atomic E-state index is 12.8. The first-order chi connectivity index (χ1) is 13.0. The van der Waals surface area contributed by atoms with Gasteiger partial charge < -0.3 is 15.3 Å². The minimum absolute atomic E-state index is 0.0227. The number of carboxylic acid groups (broad SMARTS) is 1. The molecule has 6 nitrogen and oxygen atoms in total. The van der Waals surface area contributed by atoms with E-state index in [1.165, 1.54) is 0 Å². The quantitative estimate of drug-likeness (QED) is 0.633. The largest absolute Gasteiger partial charge is 0.481 e. The van der Waals surface area contributed by atoms with E-state index in [4.69, 9.17) is 5.11 Å². The second-order valence-electron chi connectivity index (χ2n) is 7.10. The molecule has 1 heterocycles. The van der Waals surface area contributed by atoms with Crippen LogP contribution in [-0.4, -0.2) is 34.0 Å². The zero-order chi connectivity index (χ0) is 21.1. The molecule has 154 valence electrons. The zero-order valence-corrected chi connectivity index (χ0v) is 16.9. The van der Waals surface area contributed by atoms with Crippen LogP contribution in [0.4, 0.5) is 29.7 Å². The van der Waals surface area contributed by atoms with Crippen molar-refractivity contribution in [2.45, 2.75) is 39.3 Å². The second kappa shape index (κ2) is 8.76. The molecule has 0 amide bonds. The van der Waals surface area contributed by atoms with E-state index in [-0.39, 0.29) is 17.5 Å². The standard InChI is InChI=1S/C18H23F3N4O2S/c1-10(2)9-25(4)14-6-5-12(11(3)7-15(26)27)8-13(14)22-17-23-16(24-28-17)18(19,20)21/h5-6,8,10-11H,7,9H2,1-4H3,(H,26,27)(H,22,23,24)/t11-/m1/s1. The predicted molar refractivity (Wildman–Crippen MR) is 103 cm³/mol. The smallest absolute Gasteiger partial charge is 0.452 e. The number of hydrogen-bond acceptors (Lipinski definition) is 6. The van der Waals surface area contributed by atoms with Crippen LogP contribution in [-0.2, 0) is 11.0 Å². The van der Waals surface area contributed by atoms with Crippen LogP contribution in [0.1, 0.15) is 44.5 Å². The van der Waals surface area contributed by atoms with E-state index in [1.54, 1.807) is 13.0 Å². The van der Waals surface area contributed by atoms with E-state index in [0.29, 0.717) is 23.1 Å². The molecule has 1 atom stereocenters. The van der Waals surface area contributed by atoms with E-state index in [1.807, 2.05) is 24.1 Å². The molecule has 0 bridgehead atoms. The Morgan fingerprint density at radius 2 is 2.00 bits per heavy atom. The molecule has 28 heavy (non-hydrogen) atoms. The second-order valence-corrected chi connectivity index (χ2v) is 7.85. The molecular weight excluding hydrogens is 393 g/mol. The molecular formula is C18H23F3N4O2S. The number of rotatable bonds is 8. The molecule has 0 saturated carbocycles. The van der Waals surface area contributed by atoms with Gasteiger partial charge in [-0.3, -0.25) is 4.79 Å². The number of nitrogens with one attached hydrogen (secondary N) is 1. The molecule has 0 saturated heterocycles.